The van der Waals surface area contributed by atoms with E-state index in [1.54, 1.807) is 43.3 Å². The van der Waals surface area contributed by atoms with Crippen molar-refractivity contribution in [2.24, 2.45) is 5.92 Å². The molecule has 8 heteroatoms. The van der Waals surface area contributed by atoms with Crippen LogP contribution >= 0.6 is 0 Å². The molecule has 1 aliphatic heterocycles. The molecule has 1 aliphatic rings. The molecular weight excluding hydrogens is 361 g/mol. The van der Waals surface area contributed by atoms with E-state index in [2.05, 4.69) is 4.90 Å². The number of alkyl halides is 3. The van der Waals surface area contributed by atoms with Gasteiger partial charge in [0.1, 0.15) is 5.75 Å². The standard InChI is InChI=1S/C19H27F3N2O3/c1-23(2)18(25)12-24(11-16-8-10-26-13-16)9-7-15-3-5-17(6-4-15)27-14-19(20,21)22/h3-6,16H,7-14H2,1-2H3. The van der Waals surface area contributed by atoms with Crippen LogP contribution < -0.4 is 4.74 Å². The minimum atomic E-state index is -4.35. The van der Waals surface area contributed by atoms with Crippen LogP contribution in [0.4, 0.5) is 13.2 Å². The summed E-state index contributed by atoms with van der Waals surface area (Å²) in [7, 11) is 3.47. The predicted octanol–water partition coefficient (Wildman–Crippen LogP) is 2.60. The second-order valence-electron chi connectivity index (χ2n) is 7.05. The normalized spacial score (nSPS) is 17.3. The minimum Gasteiger partial charge on any atom is -0.484 e. The third-order valence-corrected chi connectivity index (χ3v) is 4.44. The molecule has 1 aromatic rings. The zero-order valence-corrected chi connectivity index (χ0v) is 15.8. The molecule has 0 spiro atoms. The zero-order valence-electron chi connectivity index (χ0n) is 15.8. The lowest BCUT2D eigenvalue weighted by Crippen LogP contribution is -2.40. The van der Waals surface area contributed by atoms with E-state index >= 15 is 0 Å². The Kier molecular flexibility index (Phi) is 7.91. The van der Waals surface area contributed by atoms with E-state index in [-0.39, 0.29) is 11.7 Å². The molecule has 1 saturated heterocycles. The second kappa shape index (κ2) is 9.94. The molecule has 152 valence electrons. The maximum Gasteiger partial charge on any atom is 0.422 e. The van der Waals surface area contributed by atoms with Crippen molar-refractivity contribution in [1.82, 2.24) is 9.80 Å². The van der Waals surface area contributed by atoms with E-state index in [0.29, 0.717) is 25.4 Å². The second-order valence-corrected chi connectivity index (χ2v) is 7.05. The van der Waals surface area contributed by atoms with E-state index in [9.17, 15) is 18.0 Å². The smallest absolute Gasteiger partial charge is 0.422 e. The molecule has 1 amide bonds. The van der Waals surface area contributed by atoms with Gasteiger partial charge in [0, 0.05) is 33.8 Å². The molecule has 0 radical (unpaired) electrons. The van der Waals surface area contributed by atoms with E-state index in [1.807, 2.05) is 0 Å². The molecule has 1 aromatic carbocycles. The van der Waals surface area contributed by atoms with Gasteiger partial charge in [-0.2, -0.15) is 13.2 Å². The number of nitrogens with zero attached hydrogens (tertiary/aromatic N) is 2. The number of hydrogen-bond donors (Lipinski definition) is 0. The largest absolute Gasteiger partial charge is 0.484 e. The molecule has 1 unspecified atom stereocenters. The lowest BCUT2D eigenvalue weighted by molar-refractivity contribution is -0.153. The molecule has 0 bridgehead atoms. The van der Waals surface area contributed by atoms with Crippen LogP contribution in [0.2, 0.25) is 0 Å². The number of rotatable bonds is 9. The summed E-state index contributed by atoms with van der Waals surface area (Å²) in [5, 5.41) is 0. The van der Waals surface area contributed by atoms with E-state index in [0.717, 1.165) is 31.7 Å². The van der Waals surface area contributed by atoms with Gasteiger partial charge in [0.05, 0.1) is 13.2 Å². The van der Waals surface area contributed by atoms with Crippen LogP contribution in [0, 0.1) is 5.92 Å². The Hall–Kier alpha value is -1.80. The quantitative estimate of drug-likeness (QED) is 0.652. The molecule has 1 heterocycles. The van der Waals surface area contributed by atoms with Crippen molar-refractivity contribution >= 4 is 5.91 Å². The van der Waals surface area contributed by atoms with E-state index < -0.39 is 12.8 Å². The Morgan fingerprint density at radius 2 is 1.96 bits per heavy atom. The number of hydrogen-bond acceptors (Lipinski definition) is 4. The lowest BCUT2D eigenvalue weighted by atomic mass is 10.1. The average molecular weight is 388 g/mol. The number of carbonyl (C=O) groups is 1. The Balaban J connectivity index is 1.87. The highest BCUT2D eigenvalue weighted by molar-refractivity contribution is 5.77. The first-order chi connectivity index (χ1) is 12.7. The van der Waals surface area contributed by atoms with Crippen molar-refractivity contribution in [1.29, 1.82) is 0 Å². The van der Waals surface area contributed by atoms with E-state index in [4.69, 9.17) is 9.47 Å². The molecule has 1 fully saturated rings. The van der Waals surface area contributed by atoms with Crippen LogP contribution in [-0.4, -0.2) is 75.4 Å². The molecule has 5 nitrogen and oxygen atoms in total. The number of likely N-dealkylation sites (N-methyl/N-ethyl adjacent to an activating group) is 1. The molecule has 0 saturated carbocycles. The summed E-state index contributed by atoms with van der Waals surface area (Å²) in [6.07, 6.45) is -2.65. The van der Waals surface area contributed by atoms with Crippen molar-refractivity contribution in [2.75, 3.05) is 53.6 Å². The van der Waals surface area contributed by atoms with Gasteiger partial charge < -0.3 is 14.4 Å². The molecule has 0 N–H and O–H groups in total. The predicted molar refractivity (Wildman–Crippen MR) is 95.8 cm³/mol. The van der Waals surface area contributed by atoms with Gasteiger partial charge in [0.15, 0.2) is 6.61 Å². The van der Waals surface area contributed by atoms with Crippen LogP contribution in [-0.2, 0) is 16.0 Å². The zero-order chi connectivity index (χ0) is 19.9. The van der Waals surface area contributed by atoms with Crippen molar-refractivity contribution in [2.45, 2.75) is 19.0 Å². The molecule has 1 atom stereocenters. The monoisotopic (exact) mass is 388 g/mol. The lowest BCUT2D eigenvalue weighted by Gasteiger charge is -2.25. The first-order valence-corrected chi connectivity index (χ1v) is 9.01. The van der Waals surface area contributed by atoms with Gasteiger partial charge in [-0.05, 0) is 36.5 Å². The summed E-state index contributed by atoms with van der Waals surface area (Å²) in [5.74, 6) is 0.668. The highest BCUT2D eigenvalue weighted by Crippen LogP contribution is 2.19. The minimum absolute atomic E-state index is 0.0461. The molecular formula is C19H27F3N2O3. The molecule has 0 aromatic heterocycles. The fourth-order valence-electron chi connectivity index (χ4n) is 2.86. The summed E-state index contributed by atoms with van der Waals surface area (Å²) >= 11 is 0. The SMILES string of the molecule is CN(C)C(=O)CN(CCc1ccc(OCC(F)(F)F)cc1)CC1CCOC1. The first kappa shape index (κ1) is 21.5. The molecule has 27 heavy (non-hydrogen) atoms. The summed E-state index contributed by atoms with van der Waals surface area (Å²) in [6, 6.07) is 6.61. The topological polar surface area (TPSA) is 42.0 Å². The number of halogens is 3. The Morgan fingerprint density at radius 3 is 2.52 bits per heavy atom. The number of amides is 1. The average Bonchev–Trinajstić information content (AvgIpc) is 3.11. The van der Waals surface area contributed by atoms with Gasteiger partial charge in [0.2, 0.25) is 5.91 Å². The maximum absolute atomic E-state index is 12.2. The van der Waals surface area contributed by atoms with Crippen LogP contribution in [0.25, 0.3) is 0 Å². The molecule has 0 aliphatic carbocycles. The number of carbonyl (C=O) groups excluding carboxylic acids is 1. The fourth-order valence-corrected chi connectivity index (χ4v) is 2.86. The van der Waals surface area contributed by atoms with Crippen molar-refractivity contribution in [3.63, 3.8) is 0 Å². The Morgan fingerprint density at radius 1 is 1.26 bits per heavy atom. The van der Waals surface area contributed by atoms with Gasteiger partial charge in [-0.3, -0.25) is 9.69 Å². The highest BCUT2D eigenvalue weighted by atomic mass is 19.4. The summed E-state index contributed by atoms with van der Waals surface area (Å²) in [5.41, 5.74) is 0.985. The summed E-state index contributed by atoms with van der Waals surface area (Å²) in [4.78, 5) is 15.8. The van der Waals surface area contributed by atoms with Crippen LogP contribution in [0.1, 0.15) is 12.0 Å². The third-order valence-electron chi connectivity index (χ3n) is 4.44. The first-order valence-electron chi connectivity index (χ1n) is 9.01. The molecule has 2 rings (SSSR count). The summed E-state index contributed by atoms with van der Waals surface area (Å²) in [6.45, 7) is 2.02. The Labute approximate surface area is 158 Å². The number of benzene rings is 1. The third kappa shape index (κ3) is 8.17. The number of ether oxygens (including phenoxy) is 2. The van der Waals surface area contributed by atoms with Gasteiger partial charge in [-0.25, -0.2) is 0 Å². The highest BCUT2D eigenvalue weighted by Gasteiger charge is 2.28. The Bertz CT molecular complexity index is 585. The van der Waals surface area contributed by atoms with Crippen LogP contribution in [0.15, 0.2) is 24.3 Å². The van der Waals surface area contributed by atoms with Crippen LogP contribution in [0.3, 0.4) is 0 Å². The van der Waals surface area contributed by atoms with Gasteiger partial charge in [0.25, 0.3) is 0 Å². The van der Waals surface area contributed by atoms with Crippen LogP contribution in [0.5, 0.6) is 5.75 Å². The van der Waals surface area contributed by atoms with Gasteiger partial charge in [-0.15, -0.1) is 0 Å². The van der Waals surface area contributed by atoms with Crippen molar-refractivity contribution in [3.05, 3.63) is 29.8 Å². The van der Waals surface area contributed by atoms with Crippen molar-refractivity contribution < 1.29 is 27.4 Å². The van der Waals surface area contributed by atoms with Gasteiger partial charge in [-0.1, -0.05) is 12.1 Å². The maximum atomic E-state index is 12.2. The summed E-state index contributed by atoms with van der Waals surface area (Å²) < 4.78 is 46.7. The van der Waals surface area contributed by atoms with Gasteiger partial charge >= 0.3 is 6.18 Å². The van der Waals surface area contributed by atoms with E-state index in [1.165, 1.54) is 0 Å². The van der Waals surface area contributed by atoms with Crippen molar-refractivity contribution in [3.8, 4) is 5.75 Å². The fraction of sp³-hybridized carbons (Fsp3) is 0.632.